The van der Waals surface area contributed by atoms with Gasteiger partial charge < -0.3 is 14.2 Å². The van der Waals surface area contributed by atoms with Crippen LogP contribution in [-0.4, -0.2) is 47.5 Å². The molecule has 2 amide bonds. The van der Waals surface area contributed by atoms with Crippen molar-refractivity contribution in [2.75, 3.05) is 0 Å². The number of ether oxygens (including phenoxy) is 3. The molecule has 3 rings (SSSR count). The molecule has 6 nitrogen and oxygen atoms in total. The van der Waals surface area contributed by atoms with Crippen molar-refractivity contribution in [2.24, 2.45) is 0 Å². The number of carbonyl (C=O) groups is 2. The van der Waals surface area contributed by atoms with E-state index in [1.165, 1.54) is 31.1 Å². The topological polar surface area (TPSA) is 65.1 Å². The lowest BCUT2D eigenvalue weighted by Gasteiger charge is -2.38. The number of fused-ring (bicyclic) bond motifs is 1. The molecule has 0 aromatic rings. The van der Waals surface area contributed by atoms with Gasteiger partial charge in [-0.3, -0.25) is 4.79 Å². The van der Waals surface area contributed by atoms with Crippen LogP contribution in [0.1, 0.15) is 52.4 Å². The summed E-state index contributed by atoms with van der Waals surface area (Å²) in [5, 5.41) is 0. The minimum absolute atomic E-state index is 0.233. The van der Waals surface area contributed by atoms with Crippen molar-refractivity contribution in [1.29, 1.82) is 0 Å². The molecule has 0 aromatic heterocycles. The van der Waals surface area contributed by atoms with Crippen LogP contribution in [0.3, 0.4) is 0 Å². The maximum atomic E-state index is 11.8. The molecular formula is C15H23NO5. The summed E-state index contributed by atoms with van der Waals surface area (Å²) in [7, 11) is 0. The van der Waals surface area contributed by atoms with Crippen molar-refractivity contribution in [2.45, 2.75) is 83.0 Å². The van der Waals surface area contributed by atoms with Gasteiger partial charge in [-0.1, -0.05) is 19.3 Å². The third-order valence-electron chi connectivity index (χ3n) is 4.64. The van der Waals surface area contributed by atoms with Gasteiger partial charge in [-0.15, -0.1) is 0 Å². The van der Waals surface area contributed by atoms with Gasteiger partial charge >= 0.3 is 6.09 Å². The Bertz CT molecular complexity index is 420. The van der Waals surface area contributed by atoms with Gasteiger partial charge in [0.1, 0.15) is 0 Å². The zero-order valence-corrected chi connectivity index (χ0v) is 12.6. The summed E-state index contributed by atoms with van der Waals surface area (Å²) in [5.74, 6) is -0.280. The number of hydrogen-bond acceptors (Lipinski definition) is 5. The van der Waals surface area contributed by atoms with Crippen molar-refractivity contribution >= 4 is 12.0 Å². The lowest BCUT2D eigenvalue weighted by molar-refractivity contribution is -0.239. The van der Waals surface area contributed by atoms with Crippen molar-refractivity contribution in [1.82, 2.24) is 4.90 Å². The van der Waals surface area contributed by atoms with Crippen LogP contribution in [0.5, 0.6) is 0 Å². The molecule has 2 aliphatic heterocycles. The van der Waals surface area contributed by atoms with Crippen LogP contribution in [0.4, 0.5) is 4.79 Å². The number of imide groups is 1. The quantitative estimate of drug-likeness (QED) is 0.782. The van der Waals surface area contributed by atoms with Gasteiger partial charge in [0.05, 0.1) is 18.2 Å². The molecule has 1 aliphatic carbocycles. The standard InChI is InChI=1S/C15H23NO5/c1-9-14-12(16(10(2)17)15(18)21-14)8-13(19-9)20-11-6-4-3-5-7-11/h9,11-14H,3-8H2,1-2H3/t9-,12-,13+,14+/m0/s1. The van der Waals surface area contributed by atoms with E-state index < -0.39 is 6.09 Å². The first-order valence-corrected chi connectivity index (χ1v) is 7.87. The molecule has 2 heterocycles. The highest BCUT2D eigenvalue weighted by Crippen LogP contribution is 2.34. The first-order chi connectivity index (χ1) is 10.1. The van der Waals surface area contributed by atoms with Crippen molar-refractivity contribution < 1.29 is 23.8 Å². The normalized spacial score (nSPS) is 37.2. The molecule has 3 aliphatic rings. The second-order valence-electron chi connectivity index (χ2n) is 6.21. The fourth-order valence-corrected chi connectivity index (χ4v) is 3.62. The fraction of sp³-hybridized carbons (Fsp3) is 0.867. The van der Waals surface area contributed by atoms with Gasteiger partial charge in [0.25, 0.3) is 0 Å². The monoisotopic (exact) mass is 297 g/mol. The summed E-state index contributed by atoms with van der Waals surface area (Å²) in [6.07, 6.45) is 4.95. The number of hydrogen-bond donors (Lipinski definition) is 0. The van der Waals surface area contributed by atoms with E-state index in [2.05, 4.69) is 0 Å². The molecule has 0 radical (unpaired) electrons. The van der Waals surface area contributed by atoms with Gasteiger partial charge in [-0.05, 0) is 19.8 Å². The summed E-state index contributed by atoms with van der Waals surface area (Å²) in [4.78, 5) is 24.7. The molecule has 0 unspecified atom stereocenters. The Labute approximate surface area is 124 Å². The summed E-state index contributed by atoms with van der Waals surface area (Å²) in [6.45, 7) is 3.26. The summed E-state index contributed by atoms with van der Waals surface area (Å²) < 4.78 is 17.2. The molecular weight excluding hydrogens is 274 g/mol. The molecule has 118 valence electrons. The fourth-order valence-electron chi connectivity index (χ4n) is 3.62. The SMILES string of the molecule is CC(=O)N1C(=O)O[C@@H]2[C@H](C)O[C@H](OC3CCCCC3)C[C@@H]21. The van der Waals surface area contributed by atoms with E-state index in [9.17, 15) is 9.59 Å². The van der Waals surface area contributed by atoms with Gasteiger partial charge in [-0.2, -0.15) is 0 Å². The molecule has 0 spiro atoms. The maximum Gasteiger partial charge on any atom is 0.417 e. The number of carbonyl (C=O) groups excluding carboxylic acids is 2. The molecule has 2 saturated heterocycles. The summed E-state index contributed by atoms with van der Waals surface area (Å²) in [6, 6.07) is -0.271. The first-order valence-electron chi connectivity index (χ1n) is 7.87. The Hall–Kier alpha value is -1.14. The highest BCUT2D eigenvalue weighted by molar-refractivity contribution is 5.92. The zero-order chi connectivity index (χ0) is 15.0. The molecule has 4 atom stereocenters. The zero-order valence-electron chi connectivity index (χ0n) is 12.6. The Morgan fingerprint density at radius 1 is 1.29 bits per heavy atom. The maximum absolute atomic E-state index is 11.8. The molecule has 1 saturated carbocycles. The second kappa shape index (κ2) is 5.93. The van der Waals surface area contributed by atoms with Gasteiger partial charge in [0.15, 0.2) is 12.4 Å². The Kier molecular flexibility index (Phi) is 4.17. The number of amides is 2. The third kappa shape index (κ3) is 2.92. The largest absolute Gasteiger partial charge is 0.441 e. The van der Waals surface area contributed by atoms with E-state index in [1.807, 2.05) is 6.92 Å². The third-order valence-corrected chi connectivity index (χ3v) is 4.64. The Morgan fingerprint density at radius 3 is 2.67 bits per heavy atom. The number of nitrogens with zero attached hydrogens (tertiary/aromatic N) is 1. The van der Waals surface area contributed by atoms with Crippen LogP contribution in [0.2, 0.25) is 0 Å². The predicted molar refractivity (Wildman–Crippen MR) is 73.5 cm³/mol. The van der Waals surface area contributed by atoms with Crippen LogP contribution in [0.25, 0.3) is 0 Å². The van der Waals surface area contributed by atoms with Crippen LogP contribution < -0.4 is 0 Å². The van der Waals surface area contributed by atoms with Crippen LogP contribution in [0.15, 0.2) is 0 Å². The van der Waals surface area contributed by atoms with Crippen molar-refractivity contribution in [3.63, 3.8) is 0 Å². The van der Waals surface area contributed by atoms with E-state index >= 15 is 0 Å². The molecule has 21 heavy (non-hydrogen) atoms. The van der Waals surface area contributed by atoms with Crippen LogP contribution >= 0.6 is 0 Å². The van der Waals surface area contributed by atoms with E-state index in [-0.39, 0.29) is 36.6 Å². The van der Waals surface area contributed by atoms with Crippen LogP contribution in [-0.2, 0) is 19.0 Å². The molecule has 0 N–H and O–H groups in total. The van der Waals surface area contributed by atoms with E-state index in [1.54, 1.807) is 0 Å². The molecule has 6 heteroatoms. The van der Waals surface area contributed by atoms with Gasteiger partial charge in [-0.25, -0.2) is 9.69 Å². The Balaban J connectivity index is 1.66. The lowest BCUT2D eigenvalue weighted by Crippen LogP contribution is -2.52. The average molecular weight is 297 g/mol. The average Bonchev–Trinajstić information content (AvgIpc) is 2.77. The molecule has 0 aromatic carbocycles. The van der Waals surface area contributed by atoms with E-state index in [4.69, 9.17) is 14.2 Å². The van der Waals surface area contributed by atoms with Crippen molar-refractivity contribution in [3.8, 4) is 0 Å². The van der Waals surface area contributed by atoms with Crippen LogP contribution in [0, 0.1) is 0 Å². The molecule has 0 bridgehead atoms. The first kappa shape index (κ1) is 14.8. The van der Waals surface area contributed by atoms with Crippen molar-refractivity contribution in [3.05, 3.63) is 0 Å². The summed E-state index contributed by atoms with van der Waals surface area (Å²) >= 11 is 0. The smallest absolute Gasteiger partial charge is 0.417 e. The number of rotatable bonds is 2. The highest BCUT2D eigenvalue weighted by Gasteiger charge is 2.51. The highest BCUT2D eigenvalue weighted by atomic mass is 16.7. The van der Waals surface area contributed by atoms with E-state index in [0.29, 0.717) is 6.42 Å². The van der Waals surface area contributed by atoms with Gasteiger partial charge in [0, 0.05) is 13.3 Å². The summed E-state index contributed by atoms with van der Waals surface area (Å²) in [5.41, 5.74) is 0. The Morgan fingerprint density at radius 2 is 2.00 bits per heavy atom. The predicted octanol–water partition coefficient (Wildman–Crippen LogP) is 2.21. The van der Waals surface area contributed by atoms with Gasteiger partial charge in [0.2, 0.25) is 5.91 Å². The minimum atomic E-state index is -0.564. The minimum Gasteiger partial charge on any atom is -0.441 e. The second-order valence-corrected chi connectivity index (χ2v) is 6.21. The lowest BCUT2D eigenvalue weighted by atomic mass is 9.96. The van der Waals surface area contributed by atoms with E-state index in [0.717, 1.165) is 12.8 Å². The molecule has 3 fully saturated rings.